The minimum atomic E-state index is -11.2. The molecule has 1 aromatic rings. The van der Waals surface area contributed by atoms with E-state index in [4.69, 9.17) is 0 Å². The van der Waals surface area contributed by atoms with Crippen molar-refractivity contribution in [2.24, 2.45) is 0 Å². The summed E-state index contributed by atoms with van der Waals surface area (Å²) in [4.78, 5) is 2.25. The van der Waals surface area contributed by atoms with Crippen molar-refractivity contribution < 1.29 is 18.3 Å². The summed E-state index contributed by atoms with van der Waals surface area (Å²) in [6, 6.07) is 8.44. The summed E-state index contributed by atoms with van der Waals surface area (Å²) in [5.41, 5.74) is 2.65. The number of hydrogen-bond donors (Lipinski definition) is 0. The second-order valence-electron chi connectivity index (χ2n) is 3.80. The van der Waals surface area contributed by atoms with Crippen LogP contribution in [0.2, 0.25) is 0 Å². The Balaban J connectivity index is 0.000000360. The molecule has 8 heteroatoms. The molecule has 0 aromatic heterocycles. The molecule has 1 aliphatic heterocycles. The zero-order valence-corrected chi connectivity index (χ0v) is 11.9. The quantitative estimate of drug-likeness (QED) is 0.475. The Morgan fingerprint density at radius 3 is 2.06 bits per heavy atom. The summed E-state index contributed by atoms with van der Waals surface area (Å²) in [7, 11) is 2.11. The molecule has 0 radical (unpaired) electrons. The summed E-state index contributed by atoms with van der Waals surface area (Å²) in [5, 5.41) is 0. The molecule has 0 aliphatic carbocycles. The number of fused-ring (bicyclic) bond motifs is 1. The van der Waals surface area contributed by atoms with E-state index in [1.807, 2.05) is 0 Å². The third-order valence-corrected chi connectivity index (χ3v) is 2.02. The van der Waals surface area contributed by atoms with Crippen molar-refractivity contribution in [2.45, 2.75) is 0 Å². The van der Waals surface area contributed by atoms with Crippen molar-refractivity contribution in [2.75, 3.05) is 18.5 Å². The Morgan fingerprint density at radius 2 is 1.56 bits per heavy atom. The molecule has 2 rings (SSSR count). The van der Waals surface area contributed by atoms with E-state index < -0.39 is 19.5 Å². The molecular weight excluding hydrogens is 370 g/mol. The molecule has 0 unspecified atom stereocenters. The zero-order chi connectivity index (χ0) is 14.1. The fourth-order valence-corrected chi connectivity index (χ4v) is 1.41. The maximum absolute atomic E-state index is 11.2. The monoisotopic (exact) mass is 381 g/mol. The Morgan fingerprint density at radius 1 is 1.06 bits per heavy atom. The summed E-state index contributed by atoms with van der Waals surface area (Å²) in [5.74, 6) is 0. The van der Waals surface area contributed by atoms with Crippen LogP contribution in [-0.4, -0.2) is 33.1 Å². The summed E-state index contributed by atoms with van der Waals surface area (Å²) >= 11 is -11.2. The van der Waals surface area contributed by atoms with Crippen LogP contribution in [0.4, 0.5) is 22.6 Å². The standard InChI is InChI=1S/C10H11N.6FH.Sb/c1-11-8-4-6-9-5-2-3-7-10(9)11;;;;;;;/h2-7H,8H2,1H3;6*1H;/q;;;;;;;+5/p-5. The van der Waals surface area contributed by atoms with Crippen LogP contribution in [0.1, 0.15) is 6.99 Å². The zero-order valence-electron chi connectivity index (χ0n) is 10.3. The van der Waals surface area contributed by atoms with Gasteiger partial charge in [0.15, 0.2) is 0 Å². The third-order valence-electron chi connectivity index (χ3n) is 2.02. The van der Waals surface area contributed by atoms with Gasteiger partial charge in [-0.15, -0.1) is 0 Å². The van der Waals surface area contributed by atoms with E-state index >= 15 is 0 Å². The van der Waals surface area contributed by atoms with E-state index in [0.29, 0.717) is 0 Å². The van der Waals surface area contributed by atoms with Crippen LogP contribution in [0.5, 0.6) is 0 Å². The van der Waals surface area contributed by atoms with E-state index in [2.05, 4.69) is 48.4 Å². The number of para-hydroxylation sites is 1. The van der Waals surface area contributed by atoms with Gasteiger partial charge >= 0.3 is 37.8 Å². The first kappa shape index (κ1) is 15.2. The molecule has 0 amide bonds. The first-order chi connectivity index (χ1) is 7.83. The van der Waals surface area contributed by atoms with Gasteiger partial charge in [0.25, 0.3) is 0 Å². The van der Waals surface area contributed by atoms with E-state index in [1.165, 1.54) is 11.3 Å². The molecule has 104 valence electrons. The van der Waals surface area contributed by atoms with E-state index in [-0.39, 0.29) is 1.43 Å². The van der Waals surface area contributed by atoms with Crippen molar-refractivity contribution >= 4 is 31.2 Å². The average Bonchev–Trinajstić information content (AvgIpc) is 2.14. The molecule has 0 fully saturated rings. The van der Waals surface area contributed by atoms with Crippen molar-refractivity contribution in [3.05, 3.63) is 35.9 Å². The van der Waals surface area contributed by atoms with Gasteiger partial charge in [0.1, 0.15) is 0 Å². The summed E-state index contributed by atoms with van der Waals surface area (Å²) in [6.45, 7) is 1.02. The van der Waals surface area contributed by atoms with Crippen molar-refractivity contribution in [1.29, 1.82) is 0 Å². The Labute approximate surface area is 104 Å². The number of likely N-dealkylation sites (N-methyl/N-ethyl adjacent to an activating group) is 1. The molecular formula is C10H12F6NSb. The van der Waals surface area contributed by atoms with Gasteiger partial charge in [-0.3, -0.25) is 0 Å². The second kappa shape index (κ2) is 4.08. The van der Waals surface area contributed by atoms with E-state index in [1.54, 1.807) is 0 Å². The molecule has 1 aliphatic rings. The minimum Gasteiger partial charge on any atom is 1.00 e. The van der Waals surface area contributed by atoms with Crippen LogP contribution in [0.3, 0.4) is 0 Å². The van der Waals surface area contributed by atoms with Gasteiger partial charge in [0.2, 0.25) is 0 Å². The van der Waals surface area contributed by atoms with Crippen LogP contribution in [0, 0.1) is 0 Å². The predicted molar refractivity (Wildman–Crippen MR) is 62.3 cm³/mol. The van der Waals surface area contributed by atoms with Crippen molar-refractivity contribution in [3.8, 4) is 0 Å². The number of anilines is 1. The van der Waals surface area contributed by atoms with Gasteiger partial charge in [0, 0.05) is 19.3 Å². The Kier molecular flexibility index (Phi) is 3.45. The molecule has 0 bridgehead atoms. The maximum Gasteiger partial charge on any atom is 1.00 e. The van der Waals surface area contributed by atoms with Gasteiger partial charge in [-0.1, -0.05) is 30.4 Å². The van der Waals surface area contributed by atoms with Crippen LogP contribution >= 0.6 is 0 Å². The average molecular weight is 382 g/mol. The first-order valence-electron chi connectivity index (χ1n) is 4.86. The number of halogens is 6. The van der Waals surface area contributed by atoms with E-state index in [9.17, 15) is 16.9 Å². The van der Waals surface area contributed by atoms with Crippen molar-refractivity contribution in [1.82, 2.24) is 0 Å². The fraction of sp³-hybridized carbons (Fsp3) is 0.200. The number of rotatable bonds is 0. The van der Waals surface area contributed by atoms with Crippen LogP contribution in [-0.2, 0) is 0 Å². The summed E-state index contributed by atoms with van der Waals surface area (Å²) in [6.07, 6.45) is 4.36. The minimum absolute atomic E-state index is 0. The molecule has 0 saturated heterocycles. The van der Waals surface area contributed by atoms with E-state index in [0.717, 1.165) is 6.54 Å². The topological polar surface area (TPSA) is 3.24 Å². The number of hydrogen-bond acceptors (Lipinski definition) is 1. The predicted octanol–water partition coefficient (Wildman–Crippen LogP) is 4.40. The third kappa shape index (κ3) is 7.48. The smallest absolute Gasteiger partial charge is 1.00 e. The molecule has 0 N–H and O–H groups in total. The number of benzene rings is 1. The van der Waals surface area contributed by atoms with Crippen LogP contribution < -0.4 is 4.90 Å². The van der Waals surface area contributed by atoms with Crippen LogP contribution in [0.25, 0.3) is 6.08 Å². The largest absolute Gasteiger partial charge is 1.00 e. The van der Waals surface area contributed by atoms with Gasteiger partial charge < -0.3 is 4.90 Å². The van der Waals surface area contributed by atoms with Crippen molar-refractivity contribution in [3.63, 3.8) is 0 Å². The maximum atomic E-state index is 9.93. The van der Waals surface area contributed by atoms with Gasteiger partial charge in [-0.05, 0) is 11.6 Å². The second-order valence-corrected chi connectivity index (χ2v) is 9.27. The molecule has 0 spiro atoms. The molecule has 1 aromatic carbocycles. The number of nitrogens with zero attached hydrogens (tertiary/aromatic N) is 1. The normalized spacial score (nSPS) is 18.1. The first-order valence-corrected chi connectivity index (χ1v) is 10.6. The van der Waals surface area contributed by atoms with Gasteiger partial charge in [-0.2, -0.15) is 0 Å². The van der Waals surface area contributed by atoms with Gasteiger partial charge in [0.05, 0.1) is 0 Å². The van der Waals surface area contributed by atoms with Gasteiger partial charge in [-0.25, -0.2) is 0 Å². The molecule has 1 nitrogen and oxygen atoms in total. The molecule has 0 atom stereocenters. The Bertz CT molecular complexity index is 458. The Hall–Kier alpha value is -0.842. The molecule has 1 heterocycles. The summed E-state index contributed by atoms with van der Waals surface area (Å²) < 4.78 is 59.6. The molecule has 0 saturated carbocycles. The molecule has 18 heavy (non-hydrogen) atoms. The SMILES string of the molecule is CN1CC=Cc2ccccc21.[F][Sb-]([F])([F])([F])([F])[F].[H+]. The fourth-order valence-electron chi connectivity index (χ4n) is 1.41. The van der Waals surface area contributed by atoms with Crippen LogP contribution in [0.15, 0.2) is 30.3 Å².